The number of halogens is 2. The molecule has 1 fully saturated rings. The van der Waals surface area contributed by atoms with E-state index in [2.05, 4.69) is 15.6 Å². The first-order valence-electron chi connectivity index (χ1n) is 7.02. The third kappa shape index (κ3) is 2.77. The lowest BCUT2D eigenvalue weighted by molar-refractivity contribution is -0.125. The van der Waals surface area contributed by atoms with Gasteiger partial charge in [0.05, 0.1) is 32.9 Å². The van der Waals surface area contributed by atoms with Gasteiger partial charge in [-0.25, -0.2) is 9.18 Å². The maximum Gasteiger partial charge on any atom is 0.324 e. The van der Waals surface area contributed by atoms with Crippen LogP contribution in [0.1, 0.15) is 0 Å². The second kappa shape index (κ2) is 6.22. The number of carbonyl (C=O) groups is 2. The van der Waals surface area contributed by atoms with Gasteiger partial charge in [0.2, 0.25) is 11.7 Å². The third-order valence-corrected chi connectivity index (χ3v) is 3.57. The first kappa shape index (κ1) is 15.8. The summed E-state index contributed by atoms with van der Waals surface area (Å²) in [5.74, 6) is -2.73. The maximum absolute atomic E-state index is 14.0. The van der Waals surface area contributed by atoms with E-state index in [-0.39, 0.29) is 42.5 Å². The highest BCUT2D eigenvalue weighted by Gasteiger charge is 2.28. The van der Waals surface area contributed by atoms with E-state index in [9.17, 15) is 18.4 Å². The Labute approximate surface area is 135 Å². The normalized spacial score (nSPS) is 14.2. The van der Waals surface area contributed by atoms with E-state index in [0.29, 0.717) is 0 Å². The van der Waals surface area contributed by atoms with Gasteiger partial charge in [-0.1, -0.05) is 5.21 Å². The van der Waals surface area contributed by atoms with Crippen LogP contribution in [0.3, 0.4) is 0 Å². The molecule has 1 N–H and O–H groups in total. The zero-order valence-electron chi connectivity index (χ0n) is 12.6. The molecule has 2 aromatic rings. The van der Waals surface area contributed by atoms with Crippen molar-refractivity contribution in [3.05, 3.63) is 30.0 Å². The third-order valence-electron chi connectivity index (χ3n) is 3.57. The second-order valence-electron chi connectivity index (χ2n) is 5.01. The number of rotatable bonds is 5. The van der Waals surface area contributed by atoms with Gasteiger partial charge in [0.1, 0.15) is 5.69 Å². The van der Waals surface area contributed by atoms with Crippen LogP contribution in [0.2, 0.25) is 0 Å². The number of carbonyl (C=O) groups excluding carboxylic acids is 2. The highest BCUT2D eigenvalue weighted by Crippen LogP contribution is 2.28. The number of benzene rings is 1. The highest BCUT2D eigenvalue weighted by molar-refractivity contribution is 6.01. The summed E-state index contributed by atoms with van der Waals surface area (Å²) in [5, 5.41) is 9.98. The maximum atomic E-state index is 14.0. The van der Waals surface area contributed by atoms with Crippen LogP contribution in [-0.4, -0.2) is 52.0 Å². The lowest BCUT2D eigenvalue weighted by Crippen LogP contribution is -2.33. The lowest BCUT2D eigenvalue weighted by Gasteiger charge is -2.11. The Bertz CT molecular complexity index is 792. The van der Waals surface area contributed by atoms with Crippen LogP contribution in [0.4, 0.5) is 13.6 Å². The van der Waals surface area contributed by atoms with Crippen molar-refractivity contribution in [3.8, 4) is 17.0 Å². The zero-order valence-corrected chi connectivity index (χ0v) is 12.6. The Balaban J connectivity index is 1.75. The minimum Gasteiger partial charge on any atom is -0.494 e. The SMILES string of the molecule is COc1ccc(-c2cn(CCN3C(=O)CNC3=O)nn2)c(F)c1F. The summed E-state index contributed by atoms with van der Waals surface area (Å²) in [6.45, 7) is 0.261. The summed E-state index contributed by atoms with van der Waals surface area (Å²) in [6.07, 6.45) is 1.41. The molecule has 0 spiro atoms. The molecule has 1 aliphatic heterocycles. The molecule has 2 heterocycles. The molecule has 1 aromatic carbocycles. The topological polar surface area (TPSA) is 89.4 Å². The molecule has 3 amide bonds. The van der Waals surface area contributed by atoms with Crippen LogP contribution in [0, 0.1) is 11.6 Å². The van der Waals surface area contributed by atoms with E-state index >= 15 is 0 Å². The van der Waals surface area contributed by atoms with Crippen molar-refractivity contribution in [1.82, 2.24) is 25.2 Å². The standard InChI is InChI=1S/C14H13F2N5O3/c1-24-10-3-2-8(12(15)13(10)16)9-7-20(19-18-9)4-5-21-11(22)6-17-14(21)23/h2-3,7H,4-6H2,1H3,(H,17,23). The summed E-state index contributed by atoms with van der Waals surface area (Å²) in [5.41, 5.74) is 0.0702. The zero-order chi connectivity index (χ0) is 17.3. The molecule has 0 radical (unpaired) electrons. The molecule has 0 aliphatic carbocycles. The summed E-state index contributed by atoms with van der Waals surface area (Å²) in [6, 6.07) is 2.16. The first-order valence-corrected chi connectivity index (χ1v) is 7.02. The van der Waals surface area contributed by atoms with E-state index in [1.54, 1.807) is 0 Å². The number of methoxy groups -OCH3 is 1. The van der Waals surface area contributed by atoms with Crippen LogP contribution in [0.5, 0.6) is 5.75 Å². The number of ether oxygens (including phenoxy) is 1. The number of hydrogen-bond acceptors (Lipinski definition) is 5. The van der Waals surface area contributed by atoms with E-state index < -0.39 is 17.7 Å². The Morgan fingerprint density at radius 2 is 2.04 bits per heavy atom. The predicted octanol–water partition coefficient (Wildman–Crippen LogP) is 0.784. The molecule has 126 valence electrons. The van der Waals surface area contributed by atoms with Crippen molar-refractivity contribution >= 4 is 11.9 Å². The molecule has 1 aliphatic rings. The molecule has 1 aromatic heterocycles. The molecule has 0 saturated carbocycles. The van der Waals surface area contributed by atoms with Gasteiger partial charge >= 0.3 is 6.03 Å². The number of amides is 3. The van der Waals surface area contributed by atoms with E-state index in [1.165, 1.54) is 30.1 Å². The van der Waals surface area contributed by atoms with Gasteiger partial charge in [0.25, 0.3) is 0 Å². The van der Waals surface area contributed by atoms with Crippen LogP contribution in [0.25, 0.3) is 11.3 Å². The van der Waals surface area contributed by atoms with Gasteiger partial charge in [-0.05, 0) is 12.1 Å². The number of nitrogens with one attached hydrogen (secondary N) is 1. The second-order valence-corrected chi connectivity index (χ2v) is 5.01. The minimum atomic E-state index is -1.11. The molecule has 1 saturated heterocycles. The Morgan fingerprint density at radius 1 is 1.25 bits per heavy atom. The lowest BCUT2D eigenvalue weighted by atomic mass is 10.1. The van der Waals surface area contributed by atoms with Crippen molar-refractivity contribution in [3.63, 3.8) is 0 Å². The molecule has 8 nitrogen and oxygen atoms in total. The van der Waals surface area contributed by atoms with Gasteiger partial charge in [-0.2, -0.15) is 4.39 Å². The molecule has 0 atom stereocenters. The molecule has 10 heteroatoms. The Hall–Kier alpha value is -3.04. The van der Waals surface area contributed by atoms with Crippen LogP contribution >= 0.6 is 0 Å². The van der Waals surface area contributed by atoms with Gasteiger partial charge in [-0.3, -0.25) is 14.4 Å². The molecule has 3 rings (SSSR count). The summed E-state index contributed by atoms with van der Waals surface area (Å²) in [7, 11) is 1.24. The fourth-order valence-electron chi connectivity index (χ4n) is 2.30. The van der Waals surface area contributed by atoms with Gasteiger partial charge in [0, 0.05) is 5.56 Å². The molecular formula is C14H13F2N5O3. The van der Waals surface area contributed by atoms with Crippen LogP contribution in [-0.2, 0) is 11.3 Å². The van der Waals surface area contributed by atoms with Crippen molar-refractivity contribution < 1.29 is 23.1 Å². The van der Waals surface area contributed by atoms with E-state index in [4.69, 9.17) is 4.74 Å². The summed E-state index contributed by atoms with van der Waals surface area (Å²) < 4.78 is 33.8. The van der Waals surface area contributed by atoms with Crippen LogP contribution < -0.4 is 10.1 Å². The highest BCUT2D eigenvalue weighted by atomic mass is 19.2. The number of imide groups is 1. The van der Waals surface area contributed by atoms with Crippen molar-refractivity contribution in [2.24, 2.45) is 0 Å². The van der Waals surface area contributed by atoms with Crippen LogP contribution in [0.15, 0.2) is 18.3 Å². The fourth-order valence-corrected chi connectivity index (χ4v) is 2.30. The average molecular weight is 337 g/mol. The quantitative estimate of drug-likeness (QED) is 0.815. The number of nitrogens with zero attached hydrogens (tertiary/aromatic N) is 4. The Kier molecular flexibility index (Phi) is 4.11. The first-order chi connectivity index (χ1) is 11.5. The summed E-state index contributed by atoms with van der Waals surface area (Å²) >= 11 is 0. The molecule has 0 bridgehead atoms. The van der Waals surface area contributed by atoms with Gasteiger partial charge in [-0.15, -0.1) is 5.10 Å². The number of hydrogen-bond donors (Lipinski definition) is 1. The average Bonchev–Trinajstić information content (AvgIpc) is 3.15. The predicted molar refractivity (Wildman–Crippen MR) is 77.0 cm³/mol. The van der Waals surface area contributed by atoms with E-state index in [0.717, 1.165) is 4.90 Å². The van der Waals surface area contributed by atoms with Crippen molar-refractivity contribution in [2.45, 2.75) is 6.54 Å². The minimum absolute atomic E-state index is 0.0300. The Morgan fingerprint density at radius 3 is 2.71 bits per heavy atom. The molecule has 24 heavy (non-hydrogen) atoms. The largest absolute Gasteiger partial charge is 0.494 e. The van der Waals surface area contributed by atoms with Gasteiger partial charge in [0.15, 0.2) is 11.6 Å². The monoisotopic (exact) mass is 337 g/mol. The van der Waals surface area contributed by atoms with E-state index in [1.807, 2.05) is 0 Å². The molecular weight excluding hydrogens is 324 g/mol. The van der Waals surface area contributed by atoms with Crippen molar-refractivity contribution in [2.75, 3.05) is 20.2 Å². The smallest absolute Gasteiger partial charge is 0.324 e. The van der Waals surface area contributed by atoms with Gasteiger partial charge < -0.3 is 10.1 Å². The summed E-state index contributed by atoms with van der Waals surface area (Å²) in [4.78, 5) is 23.9. The number of urea groups is 1. The van der Waals surface area contributed by atoms with Crippen molar-refractivity contribution in [1.29, 1.82) is 0 Å². The molecule has 0 unspecified atom stereocenters. The fraction of sp³-hybridized carbons (Fsp3) is 0.286. The number of aromatic nitrogens is 3.